The molecular weight excluding hydrogens is 588 g/mol. The van der Waals surface area contributed by atoms with Crippen LogP contribution in [0, 0.1) is 0 Å². The van der Waals surface area contributed by atoms with Crippen molar-refractivity contribution in [3.8, 4) is 0 Å². The minimum atomic E-state index is -0.557. The molecule has 3 heterocycles. The van der Waals surface area contributed by atoms with E-state index in [2.05, 4.69) is 25.6 Å². The quantitative estimate of drug-likeness (QED) is 0.165. The molecule has 2 aliphatic rings. The van der Waals surface area contributed by atoms with Crippen LogP contribution in [0.3, 0.4) is 0 Å². The third kappa shape index (κ3) is 6.99. The first kappa shape index (κ1) is 29.9. The summed E-state index contributed by atoms with van der Waals surface area (Å²) in [7, 11) is 0. The van der Waals surface area contributed by atoms with Gasteiger partial charge in [0.2, 0.25) is 0 Å². The van der Waals surface area contributed by atoms with Gasteiger partial charge in [0.05, 0.1) is 37.8 Å². The van der Waals surface area contributed by atoms with E-state index in [1.165, 1.54) is 6.33 Å². The highest BCUT2D eigenvalue weighted by Crippen LogP contribution is 2.34. The van der Waals surface area contributed by atoms with Gasteiger partial charge in [0.15, 0.2) is 23.3 Å². The maximum absolute atomic E-state index is 12.4. The van der Waals surface area contributed by atoms with E-state index in [0.29, 0.717) is 52.7 Å². The van der Waals surface area contributed by atoms with Crippen molar-refractivity contribution in [2.75, 3.05) is 18.5 Å². The molecule has 3 atom stereocenters. The second kappa shape index (κ2) is 13.7. The highest BCUT2D eigenvalue weighted by atomic mass is 35.5. The summed E-state index contributed by atoms with van der Waals surface area (Å²) in [5.74, 6) is -0.102. The van der Waals surface area contributed by atoms with Crippen LogP contribution in [0.1, 0.15) is 54.0 Å². The summed E-state index contributed by atoms with van der Waals surface area (Å²) in [4.78, 5) is 37.9. The molecule has 4 aromatic rings. The topological polar surface area (TPSA) is 139 Å². The average Bonchev–Trinajstić information content (AvgIpc) is 3.60. The zero-order valence-corrected chi connectivity index (χ0v) is 24.9. The molecule has 2 amide bonds. The van der Waals surface area contributed by atoms with E-state index in [0.717, 1.165) is 18.4 Å². The molecule has 1 aliphatic heterocycles. The number of nitrogens with zero attached hydrogens (tertiary/aromatic N) is 4. The number of imidazole rings is 1. The molecule has 2 N–H and O–H groups in total. The van der Waals surface area contributed by atoms with Crippen LogP contribution < -0.4 is 10.6 Å². The number of aromatic nitrogens is 4. The summed E-state index contributed by atoms with van der Waals surface area (Å²) in [6.07, 6.45) is 4.30. The molecule has 0 radical (unpaired) electrons. The molecule has 12 nitrogen and oxygen atoms in total. The first-order valence-electron chi connectivity index (χ1n) is 14.6. The molecule has 2 fully saturated rings. The zero-order valence-electron chi connectivity index (χ0n) is 24.1. The number of halogens is 1. The fourth-order valence-corrected chi connectivity index (χ4v) is 5.27. The van der Waals surface area contributed by atoms with E-state index < -0.39 is 12.3 Å². The maximum Gasteiger partial charge on any atom is 0.338 e. The van der Waals surface area contributed by atoms with Gasteiger partial charge in [-0.1, -0.05) is 48.0 Å². The van der Waals surface area contributed by atoms with Crippen LogP contribution >= 0.6 is 11.6 Å². The van der Waals surface area contributed by atoms with Crippen LogP contribution in [0.4, 0.5) is 10.6 Å². The molecule has 1 aliphatic carbocycles. The first-order chi connectivity index (χ1) is 21.5. The fraction of sp³-hybridized carbons (Fsp3) is 0.387. The zero-order chi connectivity index (χ0) is 30.5. The Labute approximate surface area is 259 Å². The van der Waals surface area contributed by atoms with Gasteiger partial charge in [0.25, 0.3) is 0 Å². The number of anilines is 1. The minimum Gasteiger partial charge on any atom is -0.462 e. The lowest BCUT2D eigenvalue weighted by Gasteiger charge is -2.18. The molecule has 0 spiro atoms. The van der Waals surface area contributed by atoms with E-state index >= 15 is 0 Å². The van der Waals surface area contributed by atoms with Gasteiger partial charge in [-0.2, -0.15) is 0 Å². The normalized spacial score (nSPS) is 19.6. The van der Waals surface area contributed by atoms with Crippen molar-refractivity contribution in [3.05, 3.63) is 82.9 Å². The van der Waals surface area contributed by atoms with Gasteiger partial charge in [-0.3, -0.25) is 5.32 Å². The Morgan fingerprint density at radius 1 is 1.05 bits per heavy atom. The fourth-order valence-electron chi connectivity index (χ4n) is 5.04. The molecule has 1 saturated heterocycles. The van der Waals surface area contributed by atoms with E-state index in [9.17, 15) is 9.59 Å². The lowest BCUT2D eigenvalue weighted by Crippen LogP contribution is -2.31. The van der Waals surface area contributed by atoms with Crippen molar-refractivity contribution < 1.29 is 28.5 Å². The average molecular weight is 621 g/mol. The summed E-state index contributed by atoms with van der Waals surface area (Å²) in [6, 6.07) is 14.7. The highest BCUT2D eigenvalue weighted by molar-refractivity contribution is 6.31. The van der Waals surface area contributed by atoms with Crippen molar-refractivity contribution in [1.82, 2.24) is 24.8 Å². The summed E-state index contributed by atoms with van der Waals surface area (Å²) < 4.78 is 25.8. The molecule has 2 unspecified atom stereocenters. The number of fused-ring (bicyclic) bond motifs is 1. The van der Waals surface area contributed by atoms with E-state index in [1.54, 1.807) is 31.5 Å². The van der Waals surface area contributed by atoms with Crippen molar-refractivity contribution in [2.45, 2.75) is 63.9 Å². The predicted octanol–water partition coefficient (Wildman–Crippen LogP) is 5.03. The number of ether oxygens (including phenoxy) is 4. The number of esters is 1. The number of hydrogen-bond acceptors (Lipinski definition) is 9. The van der Waals surface area contributed by atoms with Crippen LogP contribution in [-0.4, -0.2) is 63.0 Å². The molecule has 1 saturated carbocycles. The minimum absolute atomic E-state index is 0.140. The van der Waals surface area contributed by atoms with E-state index in [1.807, 2.05) is 34.9 Å². The lowest BCUT2D eigenvalue weighted by molar-refractivity contribution is -0.0726. The molecule has 44 heavy (non-hydrogen) atoms. The number of amides is 2. The molecule has 13 heteroatoms. The van der Waals surface area contributed by atoms with Crippen LogP contribution in [0.25, 0.3) is 11.2 Å². The van der Waals surface area contributed by atoms with Crippen LogP contribution in [0.2, 0.25) is 5.02 Å². The van der Waals surface area contributed by atoms with Gasteiger partial charge in [-0.15, -0.1) is 0 Å². The highest BCUT2D eigenvalue weighted by Gasteiger charge is 2.37. The molecule has 230 valence electrons. The third-order valence-corrected chi connectivity index (χ3v) is 7.77. The largest absolute Gasteiger partial charge is 0.462 e. The number of carbonyl (C=O) groups excluding carboxylic acids is 2. The molecule has 0 bridgehead atoms. The Bertz CT molecular complexity index is 1610. The SMILES string of the molecule is CCOC(=O)c1cccc(Cl)c1COCCC1O[C@H](c2ccccc2)OC1Cn1cnc2c(NC(=O)NC3CC3)ncnc21. The number of carbonyl (C=O) groups is 2. The van der Waals surface area contributed by atoms with Gasteiger partial charge in [0.1, 0.15) is 12.4 Å². The number of urea groups is 1. The summed E-state index contributed by atoms with van der Waals surface area (Å²) in [6.45, 7) is 2.89. The second-order valence-electron chi connectivity index (χ2n) is 10.6. The predicted molar refractivity (Wildman–Crippen MR) is 161 cm³/mol. The number of nitrogens with one attached hydrogen (secondary N) is 2. The van der Waals surface area contributed by atoms with Gasteiger partial charge in [-0.25, -0.2) is 24.5 Å². The second-order valence-corrected chi connectivity index (χ2v) is 11.0. The number of benzene rings is 2. The van der Waals surface area contributed by atoms with Gasteiger partial charge >= 0.3 is 12.0 Å². The smallest absolute Gasteiger partial charge is 0.338 e. The van der Waals surface area contributed by atoms with Crippen molar-refractivity contribution in [2.24, 2.45) is 0 Å². The Morgan fingerprint density at radius 2 is 1.86 bits per heavy atom. The third-order valence-electron chi connectivity index (χ3n) is 7.41. The van der Waals surface area contributed by atoms with Gasteiger partial charge < -0.3 is 28.8 Å². The summed E-state index contributed by atoms with van der Waals surface area (Å²) in [5.41, 5.74) is 2.91. The monoisotopic (exact) mass is 620 g/mol. The van der Waals surface area contributed by atoms with Crippen LogP contribution in [0.15, 0.2) is 61.2 Å². The molecule has 6 rings (SSSR count). The Morgan fingerprint density at radius 3 is 2.66 bits per heavy atom. The van der Waals surface area contributed by atoms with Crippen molar-refractivity contribution in [3.63, 3.8) is 0 Å². The standard InChI is InChI=1S/C31H33ClN6O6/c1-2-42-29(39)21-9-6-10-23(32)22(21)16-41-14-13-24-25(44-30(43-24)19-7-4-3-5-8-19)15-38-18-35-26-27(33-17-34-28(26)38)37-31(40)36-20-11-12-20/h3-10,17-18,20,24-25,30H,2,11-16H2,1H3,(H2,33,34,36,37,40)/t24?,25?,30-/m0/s1. The first-order valence-corrected chi connectivity index (χ1v) is 15.0. The van der Waals surface area contributed by atoms with E-state index in [4.69, 9.17) is 30.5 Å². The van der Waals surface area contributed by atoms with E-state index in [-0.39, 0.29) is 37.5 Å². The Hall–Kier alpha value is -4.10. The molecule has 2 aromatic carbocycles. The Balaban J connectivity index is 1.14. The maximum atomic E-state index is 12.4. The van der Waals surface area contributed by atoms with Gasteiger partial charge in [-0.05, 0) is 38.3 Å². The van der Waals surface area contributed by atoms with Crippen LogP contribution in [-0.2, 0) is 32.1 Å². The van der Waals surface area contributed by atoms with Gasteiger partial charge in [0, 0.05) is 28.8 Å². The molecular formula is C31H33ClN6O6. The summed E-state index contributed by atoms with van der Waals surface area (Å²) in [5, 5.41) is 6.11. The number of rotatable bonds is 12. The van der Waals surface area contributed by atoms with Crippen LogP contribution in [0.5, 0.6) is 0 Å². The summed E-state index contributed by atoms with van der Waals surface area (Å²) >= 11 is 6.40. The Kier molecular flexibility index (Phi) is 9.31. The van der Waals surface area contributed by atoms with Crippen molar-refractivity contribution >= 4 is 40.6 Å². The van der Waals surface area contributed by atoms with Crippen molar-refractivity contribution in [1.29, 1.82) is 0 Å². The molecule has 2 aromatic heterocycles. The lowest BCUT2D eigenvalue weighted by atomic mass is 10.1. The number of hydrogen-bond donors (Lipinski definition) is 2.